The smallest absolute Gasteiger partial charge is 0.269 e. The predicted octanol–water partition coefficient (Wildman–Crippen LogP) is 3.34. The van der Waals surface area contributed by atoms with Gasteiger partial charge in [0.1, 0.15) is 11.5 Å². The van der Waals surface area contributed by atoms with Crippen LogP contribution in [0.15, 0.2) is 28.7 Å². The second-order valence-corrected chi connectivity index (χ2v) is 7.19. The minimum absolute atomic E-state index is 0.0720. The maximum Gasteiger partial charge on any atom is 0.269 e. The van der Waals surface area contributed by atoms with Crippen molar-refractivity contribution in [2.24, 2.45) is 0 Å². The van der Waals surface area contributed by atoms with Crippen LogP contribution in [0.25, 0.3) is 0 Å². The second kappa shape index (κ2) is 7.06. The van der Waals surface area contributed by atoms with E-state index in [0.717, 1.165) is 54.0 Å². The Kier molecular flexibility index (Phi) is 4.59. The molecule has 1 aromatic carbocycles. The van der Waals surface area contributed by atoms with Crippen LogP contribution in [0.4, 0.5) is 11.4 Å². The van der Waals surface area contributed by atoms with Gasteiger partial charge in [-0.1, -0.05) is 0 Å². The van der Waals surface area contributed by atoms with Crippen molar-refractivity contribution in [1.82, 2.24) is 4.90 Å². The summed E-state index contributed by atoms with van der Waals surface area (Å²) in [6.45, 7) is 4.58. The molecule has 1 saturated heterocycles. The van der Waals surface area contributed by atoms with E-state index in [-0.39, 0.29) is 11.6 Å². The fourth-order valence-corrected chi connectivity index (χ4v) is 4.09. The predicted molar refractivity (Wildman–Crippen MR) is 101 cm³/mol. The van der Waals surface area contributed by atoms with E-state index >= 15 is 0 Å². The van der Waals surface area contributed by atoms with Crippen molar-refractivity contribution >= 4 is 17.3 Å². The summed E-state index contributed by atoms with van der Waals surface area (Å²) >= 11 is 0. The first kappa shape index (κ1) is 17.6. The first-order valence-electron chi connectivity index (χ1n) is 9.44. The summed E-state index contributed by atoms with van der Waals surface area (Å²) in [6, 6.07) is 6.58. The van der Waals surface area contributed by atoms with Crippen LogP contribution in [-0.2, 0) is 12.8 Å². The first-order chi connectivity index (χ1) is 13.0. The molecular formula is C20H23N3O4. The molecule has 0 unspecified atom stereocenters. The van der Waals surface area contributed by atoms with Gasteiger partial charge in [-0.05, 0) is 38.3 Å². The SMILES string of the molecule is Cc1oc2c(c1C(=O)N1CCN(c3ccc([N+](=O)[O-])cc3)CC1)CCCC2. The Labute approximate surface area is 157 Å². The van der Waals surface area contributed by atoms with Gasteiger partial charge in [-0.25, -0.2) is 0 Å². The number of carbonyl (C=O) groups excluding carboxylic acids is 1. The van der Waals surface area contributed by atoms with Crippen LogP contribution >= 0.6 is 0 Å². The zero-order valence-electron chi connectivity index (χ0n) is 15.4. The zero-order valence-corrected chi connectivity index (χ0v) is 15.4. The number of nitro groups is 1. The number of furan rings is 1. The topological polar surface area (TPSA) is 79.8 Å². The lowest BCUT2D eigenvalue weighted by molar-refractivity contribution is -0.384. The molecular weight excluding hydrogens is 346 g/mol. The molecule has 4 rings (SSSR count). The van der Waals surface area contributed by atoms with E-state index in [1.54, 1.807) is 12.1 Å². The van der Waals surface area contributed by atoms with Crippen LogP contribution in [0.2, 0.25) is 0 Å². The largest absolute Gasteiger partial charge is 0.465 e. The van der Waals surface area contributed by atoms with Gasteiger partial charge in [0.25, 0.3) is 11.6 Å². The summed E-state index contributed by atoms with van der Waals surface area (Å²) in [4.78, 5) is 27.5. The first-order valence-corrected chi connectivity index (χ1v) is 9.44. The molecule has 2 heterocycles. The fourth-order valence-electron chi connectivity index (χ4n) is 4.09. The van der Waals surface area contributed by atoms with Gasteiger partial charge in [0.15, 0.2) is 0 Å². The summed E-state index contributed by atoms with van der Waals surface area (Å²) < 4.78 is 5.86. The van der Waals surface area contributed by atoms with E-state index in [1.807, 2.05) is 11.8 Å². The fraction of sp³-hybridized carbons (Fsp3) is 0.450. The lowest BCUT2D eigenvalue weighted by atomic mass is 9.94. The highest BCUT2D eigenvalue weighted by atomic mass is 16.6. The molecule has 0 N–H and O–H groups in total. The number of piperazine rings is 1. The van der Waals surface area contributed by atoms with Crippen molar-refractivity contribution in [2.75, 3.05) is 31.1 Å². The van der Waals surface area contributed by atoms with Crippen molar-refractivity contribution in [3.8, 4) is 0 Å². The Balaban J connectivity index is 1.44. The molecule has 142 valence electrons. The highest BCUT2D eigenvalue weighted by Gasteiger charge is 2.30. The summed E-state index contributed by atoms with van der Waals surface area (Å²) in [5.74, 6) is 1.80. The Hall–Kier alpha value is -2.83. The van der Waals surface area contributed by atoms with Gasteiger partial charge in [-0.15, -0.1) is 0 Å². The molecule has 1 aromatic heterocycles. The van der Waals surface area contributed by atoms with Gasteiger partial charge in [-0.3, -0.25) is 14.9 Å². The number of amides is 1. The number of non-ortho nitro benzene ring substituents is 1. The van der Waals surface area contributed by atoms with Crippen molar-refractivity contribution < 1.29 is 14.1 Å². The van der Waals surface area contributed by atoms with Gasteiger partial charge >= 0.3 is 0 Å². The molecule has 0 bridgehead atoms. The molecule has 27 heavy (non-hydrogen) atoms. The van der Waals surface area contributed by atoms with E-state index < -0.39 is 4.92 Å². The molecule has 1 aliphatic carbocycles. The number of hydrogen-bond donors (Lipinski definition) is 0. The highest BCUT2D eigenvalue weighted by molar-refractivity contribution is 5.97. The molecule has 0 spiro atoms. The average Bonchev–Trinajstić information content (AvgIpc) is 3.03. The van der Waals surface area contributed by atoms with Crippen molar-refractivity contribution in [2.45, 2.75) is 32.6 Å². The van der Waals surface area contributed by atoms with E-state index in [1.165, 1.54) is 12.1 Å². The number of benzene rings is 1. The van der Waals surface area contributed by atoms with Gasteiger partial charge in [0.2, 0.25) is 0 Å². The number of anilines is 1. The number of nitro benzene ring substituents is 1. The van der Waals surface area contributed by atoms with Gasteiger partial charge in [-0.2, -0.15) is 0 Å². The Morgan fingerprint density at radius 2 is 1.74 bits per heavy atom. The van der Waals surface area contributed by atoms with Crippen LogP contribution in [0, 0.1) is 17.0 Å². The van der Waals surface area contributed by atoms with E-state index in [0.29, 0.717) is 26.2 Å². The van der Waals surface area contributed by atoms with Crippen LogP contribution in [0.5, 0.6) is 0 Å². The molecule has 7 heteroatoms. The summed E-state index contributed by atoms with van der Waals surface area (Å²) in [6.07, 6.45) is 4.09. The zero-order chi connectivity index (χ0) is 19.0. The number of rotatable bonds is 3. The van der Waals surface area contributed by atoms with E-state index in [9.17, 15) is 14.9 Å². The number of fused-ring (bicyclic) bond motifs is 1. The third kappa shape index (κ3) is 3.29. The molecule has 0 atom stereocenters. The molecule has 1 fully saturated rings. The normalized spacial score (nSPS) is 16.9. The van der Waals surface area contributed by atoms with Gasteiger partial charge in [0, 0.05) is 56.0 Å². The van der Waals surface area contributed by atoms with Crippen LogP contribution in [0.1, 0.15) is 40.3 Å². The van der Waals surface area contributed by atoms with Crippen LogP contribution in [0.3, 0.4) is 0 Å². The minimum atomic E-state index is -0.395. The molecule has 0 saturated carbocycles. The van der Waals surface area contributed by atoms with Gasteiger partial charge in [0.05, 0.1) is 10.5 Å². The number of nitrogens with zero attached hydrogens (tertiary/aromatic N) is 3. The van der Waals surface area contributed by atoms with Crippen molar-refractivity contribution in [3.05, 3.63) is 57.0 Å². The number of aryl methyl sites for hydroxylation is 2. The summed E-state index contributed by atoms with van der Waals surface area (Å²) in [5, 5.41) is 10.8. The highest BCUT2D eigenvalue weighted by Crippen LogP contribution is 2.31. The Morgan fingerprint density at radius 1 is 1.07 bits per heavy atom. The third-order valence-electron chi connectivity index (χ3n) is 5.55. The average molecular weight is 369 g/mol. The lowest BCUT2D eigenvalue weighted by Crippen LogP contribution is -2.49. The van der Waals surface area contributed by atoms with E-state index in [4.69, 9.17) is 4.42 Å². The molecule has 2 aliphatic rings. The molecule has 1 amide bonds. The van der Waals surface area contributed by atoms with Crippen LogP contribution in [-0.4, -0.2) is 41.9 Å². The Bertz CT molecular complexity index is 864. The maximum absolute atomic E-state index is 13.1. The molecule has 2 aromatic rings. The van der Waals surface area contributed by atoms with Crippen molar-refractivity contribution in [1.29, 1.82) is 0 Å². The van der Waals surface area contributed by atoms with Crippen LogP contribution < -0.4 is 4.90 Å². The maximum atomic E-state index is 13.1. The third-order valence-corrected chi connectivity index (χ3v) is 5.55. The molecule has 0 radical (unpaired) electrons. The lowest BCUT2D eigenvalue weighted by Gasteiger charge is -2.36. The standard InChI is InChI=1S/C20H23N3O4/c1-14-19(17-4-2-3-5-18(17)27-14)20(24)22-12-10-21(11-13-22)15-6-8-16(9-7-15)23(25)26/h6-9H,2-5,10-13H2,1H3. The minimum Gasteiger partial charge on any atom is -0.465 e. The molecule has 1 aliphatic heterocycles. The monoisotopic (exact) mass is 369 g/mol. The second-order valence-electron chi connectivity index (χ2n) is 7.19. The Morgan fingerprint density at radius 3 is 2.41 bits per heavy atom. The molecule has 7 nitrogen and oxygen atoms in total. The van der Waals surface area contributed by atoms with Gasteiger partial charge < -0.3 is 14.2 Å². The summed E-state index contributed by atoms with van der Waals surface area (Å²) in [5.41, 5.74) is 2.92. The quantitative estimate of drug-likeness (QED) is 0.612. The number of hydrogen-bond acceptors (Lipinski definition) is 5. The summed E-state index contributed by atoms with van der Waals surface area (Å²) in [7, 11) is 0. The van der Waals surface area contributed by atoms with Crippen molar-refractivity contribution in [3.63, 3.8) is 0 Å². The van der Waals surface area contributed by atoms with E-state index in [2.05, 4.69) is 4.90 Å². The number of carbonyl (C=O) groups is 1.